The topological polar surface area (TPSA) is 178 Å². The molecule has 0 saturated carbocycles. The monoisotopic (exact) mass is 928 g/mol. The molecule has 4 N–H and O–H groups in total. The van der Waals surface area contributed by atoms with Gasteiger partial charge in [0.05, 0.1) is 34.6 Å². The SMILES string of the molecule is CC(C)c1cc(C(=O)N2Cc3ccc(CN4CCC(C5CCN(C(=O)C6(C)CCN(Cc7cc8nc(-c9cnc(N)nc9)nc(N9CCOCC9)c8s7)CC6)CC5)CC4)cc3C2)c(O)cc1O. The molecule has 8 heterocycles. The van der Waals surface area contributed by atoms with Gasteiger partial charge in [-0.2, -0.15) is 0 Å². The van der Waals surface area contributed by atoms with Gasteiger partial charge in [0, 0.05) is 81.1 Å². The molecule has 15 nitrogen and oxygen atoms in total. The van der Waals surface area contributed by atoms with Crippen molar-refractivity contribution in [2.75, 3.05) is 76.2 Å². The average molecular weight is 929 g/mol. The number of aromatic hydroxyl groups is 2. The average Bonchev–Trinajstić information content (AvgIpc) is 3.96. The third kappa shape index (κ3) is 9.54. The van der Waals surface area contributed by atoms with E-state index in [-0.39, 0.29) is 40.3 Å². The number of hydrogen-bond donors (Lipinski definition) is 3. The van der Waals surface area contributed by atoms with Gasteiger partial charge in [0.2, 0.25) is 11.9 Å². The number of piperidine rings is 3. The van der Waals surface area contributed by atoms with E-state index in [2.05, 4.69) is 60.8 Å². The Hall–Kier alpha value is -5.42. The summed E-state index contributed by atoms with van der Waals surface area (Å²) in [6.07, 6.45) is 9.63. The lowest BCUT2D eigenvalue weighted by Crippen LogP contribution is -2.51. The Morgan fingerprint density at radius 2 is 1.48 bits per heavy atom. The molecule has 4 saturated heterocycles. The van der Waals surface area contributed by atoms with E-state index in [4.69, 9.17) is 20.4 Å². The summed E-state index contributed by atoms with van der Waals surface area (Å²) >= 11 is 1.76. The maximum Gasteiger partial charge on any atom is 0.258 e. The molecule has 0 bridgehead atoms. The van der Waals surface area contributed by atoms with Gasteiger partial charge in [0.15, 0.2) is 11.6 Å². The van der Waals surface area contributed by atoms with Crippen molar-refractivity contribution in [1.82, 2.24) is 39.5 Å². The van der Waals surface area contributed by atoms with Crippen LogP contribution in [0.3, 0.4) is 0 Å². The number of nitrogen functional groups attached to an aromatic ring is 1. The molecule has 0 aliphatic carbocycles. The fourth-order valence-corrected chi connectivity index (χ4v) is 12.3. The van der Waals surface area contributed by atoms with Gasteiger partial charge in [-0.15, -0.1) is 11.3 Å². The minimum absolute atomic E-state index is 0.0111. The van der Waals surface area contributed by atoms with Gasteiger partial charge in [0.25, 0.3) is 5.91 Å². The van der Waals surface area contributed by atoms with E-state index in [1.807, 2.05) is 13.8 Å². The molecule has 10 rings (SSSR count). The van der Waals surface area contributed by atoms with Gasteiger partial charge in [-0.3, -0.25) is 19.4 Å². The first-order chi connectivity index (χ1) is 32.4. The van der Waals surface area contributed by atoms with E-state index in [9.17, 15) is 19.8 Å². The lowest BCUT2D eigenvalue weighted by atomic mass is 9.76. The maximum absolute atomic E-state index is 14.2. The van der Waals surface area contributed by atoms with E-state index in [0.29, 0.717) is 55.4 Å². The number of benzene rings is 2. The molecule has 67 heavy (non-hydrogen) atoms. The van der Waals surface area contributed by atoms with Crippen molar-refractivity contribution in [1.29, 1.82) is 0 Å². The van der Waals surface area contributed by atoms with Crippen LogP contribution in [-0.4, -0.2) is 127 Å². The molecule has 5 aliphatic rings. The standard InChI is InChI=1S/C51H64N10O5S/c1-32(2)40-24-41(44(63)25-43(40)62)48(64)61-29-36-5-4-33(22-37(36)30-61)28-57-12-6-34(7-13-57)35-8-14-60(15-9-35)49(65)51(3)10-16-58(17-11-51)31-39-23-42-45(67-39)47(59-18-20-66-21-19-59)56-46(55-42)38-26-53-50(52)54-27-38/h4-5,22-27,32,34-35,62-63H,6-21,28-31H2,1-3H3,(H2,52,53,54). The van der Waals surface area contributed by atoms with Gasteiger partial charge in [-0.25, -0.2) is 19.9 Å². The van der Waals surface area contributed by atoms with Crippen LogP contribution in [0.1, 0.15) is 103 Å². The summed E-state index contributed by atoms with van der Waals surface area (Å²) in [7, 11) is 0. The number of anilines is 2. The van der Waals surface area contributed by atoms with Crippen molar-refractivity contribution in [3.63, 3.8) is 0 Å². The number of aromatic nitrogens is 4. The highest BCUT2D eigenvalue weighted by Crippen LogP contribution is 2.40. The number of morpholine rings is 1. The van der Waals surface area contributed by atoms with Crippen LogP contribution in [0, 0.1) is 17.3 Å². The van der Waals surface area contributed by atoms with Gasteiger partial charge in [-0.05, 0) is 117 Å². The van der Waals surface area contributed by atoms with Crippen LogP contribution in [0.25, 0.3) is 21.6 Å². The smallest absolute Gasteiger partial charge is 0.258 e. The first-order valence-corrected chi connectivity index (χ1v) is 25.1. The molecule has 3 aromatic heterocycles. The third-order valence-corrected chi connectivity index (χ3v) is 16.4. The predicted molar refractivity (Wildman–Crippen MR) is 260 cm³/mol. The second kappa shape index (κ2) is 18.9. The number of carbonyl (C=O) groups excluding carboxylic acids is 2. The lowest BCUT2D eigenvalue weighted by Gasteiger charge is -2.44. The van der Waals surface area contributed by atoms with Crippen molar-refractivity contribution in [2.24, 2.45) is 17.3 Å². The lowest BCUT2D eigenvalue weighted by molar-refractivity contribution is -0.146. The fraction of sp³-hybridized carbons (Fsp3) is 0.529. The normalized spacial score (nSPS) is 20.0. The molecule has 16 heteroatoms. The van der Waals surface area contributed by atoms with Crippen LogP contribution in [0.4, 0.5) is 11.8 Å². The van der Waals surface area contributed by atoms with Gasteiger partial charge in [-0.1, -0.05) is 39.0 Å². The predicted octanol–water partition coefficient (Wildman–Crippen LogP) is 7.01. The molecule has 2 aromatic carbocycles. The first kappa shape index (κ1) is 45.4. The number of rotatable bonds is 10. The number of phenols is 2. The second-order valence-electron chi connectivity index (χ2n) is 20.2. The highest BCUT2D eigenvalue weighted by Gasteiger charge is 2.41. The number of phenolic OH excluding ortho intramolecular Hbond substituents is 2. The zero-order chi connectivity index (χ0) is 46.4. The summed E-state index contributed by atoms with van der Waals surface area (Å²) in [5.74, 6) is 3.07. The number of ether oxygens (including phenoxy) is 1. The van der Waals surface area contributed by atoms with Crippen LogP contribution < -0.4 is 10.6 Å². The molecule has 354 valence electrons. The molecule has 0 unspecified atom stereocenters. The molecule has 5 aromatic rings. The molecule has 2 amide bonds. The van der Waals surface area contributed by atoms with Gasteiger partial charge >= 0.3 is 0 Å². The summed E-state index contributed by atoms with van der Waals surface area (Å²) in [6.45, 7) is 17.4. The van der Waals surface area contributed by atoms with Gasteiger partial charge < -0.3 is 35.4 Å². The number of thiophene rings is 1. The third-order valence-electron chi connectivity index (χ3n) is 15.3. The number of hydrogen-bond acceptors (Lipinski definition) is 14. The van der Waals surface area contributed by atoms with E-state index >= 15 is 0 Å². The summed E-state index contributed by atoms with van der Waals surface area (Å²) in [5, 5.41) is 20.8. The zero-order valence-corrected chi connectivity index (χ0v) is 39.9. The molecular weight excluding hydrogens is 865 g/mol. The van der Waals surface area contributed by atoms with Crippen LogP contribution in [0.15, 0.2) is 48.8 Å². The largest absolute Gasteiger partial charge is 0.508 e. The number of carbonyl (C=O) groups is 2. The molecular formula is C51H64N10O5S. The number of likely N-dealkylation sites (tertiary alicyclic amines) is 3. The number of nitrogens with zero attached hydrogens (tertiary/aromatic N) is 9. The summed E-state index contributed by atoms with van der Waals surface area (Å²) in [6, 6.07) is 11.7. The Balaban J connectivity index is 0.684. The van der Waals surface area contributed by atoms with Crippen molar-refractivity contribution >= 4 is 45.1 Å². The number of nitrogens with two attached hydrogens (primary N) is 1. The minimum atomic E-state index is -0.335. The highest BCUT2D eigenvalue weighted by molar-refractivity contribution is 7.19. The summed E-state index contributed by atoms with van der Waals surface area (Å²) < 4.78 is 6.74. The van der Waals surface area contributed by atoms with Crippen LogP contribution in [0.5, 0.6) is 11.5 Å². The zero-order valence-electron chi connectivity index (χ0n) is 39.1. The Morgan fingerprint density at radius 3 is 2.18 bits per heavy atom. The van der Waals surface area contributed by atoms with Crippen LogP contribution in [-0.2, 0) is 35.7 Å². The number of fused-ring (bicyclic) bond motifs is 2. The molecule has 5 aliphatic heterocycles. The Morgan fingerprint density at radius 1 is 0.806 bits per heavy atom. The maximum atomic E-state index is 14.2. The Bertz CT molecular complexity index is 2610. The van der Waals surface area contributed by atoms with E-state index in [0.717, 1.165) is 124 Å². The highest BCUT2D eigenvalue weighted by atomic mass is 32.1. The molecule has 4 fully saturated rings. The quantitative estimate of drug-likeness (QED) is 0.131. The van der Waals surface area contributed by atoms with E-state index < -0.39 is 0 Å². The number of amides is 2. The summed E-state index contributed by atoms with van der Waals surface area (Å²) in [4.78, 5) is 58.6. The molecule has 0 radical (unpaired) electrons. The van der Waals surface area contributed by atoms with Gasteiger partial charge in [0.1, 0.15) is 11.5 Å². The first-order valence-electron chi connectivity index (χ1n) is 24.3. The van der Waals surface area contributed by atoms with Crippen molar-refractivity contribution in [3.05, 3.63) is 81.5 Å². The Kier molecular flexibility index (Phi) is 12.8. The molecule has 0 spiro atoms. The Labute approximate surface area is 397 Å². The van der Waals surface area contributed by atoms with Crippen molar-refractivity contribution in [3.8, 4) is 22.9 Å². The van der Waals surface area contributed by atoms with Crippen LogP contribution in [0.2, 0.25) is 0 Å². The van der Waals surface area contributed by atoms with E-state index in [1.165, 1.54) is 29.3 Å². The second-order valence-corrected chi connectivity index (χ2v) is 21.3. The minimum Gasteiger partial charge on any atom is -0.508 e. The van der Waals surface area contributed by atoms with E-state index in [1.54, 1.807) is 34.7 Å². The molecule has 0 atom stereocenters. The van der Waals surface area contributed by atoms with Crippen LogP contribution >= 0.6 is 11.3 Å². The fourth-order valence-electron chi connectivity index (χ4n) is 11.1. The summed E-state index contributed by atoms with van der Waals surface area (Å²) in [5.41, 5.74) is 11.5. The van der Waals surface area contributed by atoms with Crippen molar-refractivity contribution < 1.29 is 24.5 Å². The van der Waals surface area contributed by atoms with Crippen molar-refractivity contribution in [2.45, 2.75) is 91.4 Å².